The topological polar surface area (TPSA) is 143 Å². The molecule has 3 rings (SSSR count). The first-order chi connectivity index (χ1) is 19.3. The van der Waals surface area contributed by atoms with Crippen molar-refractivity contribution in [3.63, 3.8) is 0 Å². The number of nitrogens with zero attached hydrogens (tertiary/aromatic N) is 3. The Morgan fingerprint density at radius 1 is 1.15 bits per heavy atom. The minimum absolute atomic E-state index is 0.0853. The van der Waals surface area contributed by atoms with Gasteiger partial charge in [-0.3, -0.25) is 9.36 Å². The van der Waals surface area contributed by atoms with E-state index in [0.717, 1.165) is 0 Å². The number of aromatic nitrogens is 2. The summed E-state index contributed by atoms with van der Waals surface area (Å²) in [6, 6.07) is 3.57. The Morgan fingerprint density at radius 3 is 2.32 bits per heavy atom. The quantitative estimate of drug-likeness (QED) is 0.218. The summed E-state index contributed by atoms with van der Waals surface area (Å²) in [5.74, 6) is -0.193. The van der Waals surface area contributed by atoms with E-state index in [2.05, 4.69) is 65.7 Å². The summed E-state index contributed by atoms with van der Waals surface area (Å²) in [4.78, 5) is 28.7. The molecule has 2 saturated heterocycles. The van der Waals surface area contributed by atoms with Gasteiger partial charge in [-0.1, -0.05) is 55.4 Å². The molecule has 3 heterocycles. The lowest BCUT2D eigenvalue weighted by Crippen LogP contribution is -2.66. The van der Waals surface area contributed by atoms with Crippen molar-refractivity contribution in [1.82, 2.24) is 9.55 Å². The van der Waals surface area contributed by atoms with Crippen LogP contribution in [0.25, 0.3) is 0 Å². The molecule has 1 amide bonds. The van der Waals surface area contributed by atoms with Crippen molar-refractivity contribution < 1.29 is 32.0 Å². The van der Waals surface area contributed by atoms with Gasteiger partial charge in [0.15, 0.2) is 6.23 Å². The van der Waals surface area contributed by atoms with Gasteiger partial charge in [-0.15, -0.1) is 0 Å². The Kier molecular flexibility index (Phi) is 11.5. The van der Waals surface area contributed by atoms with Crippen molar-refractivity contribution in [3.8, 4) is 6.07 Å². The Bertz CT molecular complexity index is 1120. The van der Waals surface area contributed by atoms with Gasteiger partial charge in [0.1, 0.15) is 30.9 Å². The largest absolute Gasteiger partial charge is 0.414 e. The monoisotopic (exact) mass is 610 g/mol. The van der Waals surface area contributed by atoms with Crippen LogP contribution in [0.4, 0.5) is 5.82 Å². The van der Waals surface area contributed by atoms with Crippen LogP contribution >= 0.6 is 0 Å². The van der Waals surface area contributed by atoms with Gasteiger partial charge >= 0.3 is 22.8 Å². The smallest absolute Gasteiger partial charge is 0.351 e. The van der Waals surface area contributed by atoms with Gasteiger partial charge in [0, 0.05) is 13.1 Å². The lowest BCUT2D eigenvalue weighted by molar-refractivity contribution is -0.138. The SMILES string of the molecule is CC(=O)Nc1ccn([C@@H]2O[C@@H]3CO[Si](C(C)C)(C(C)C)O[Si](C(C)C)(C(C)C)O[C@H]3[C@H]2OCOCCC#N)c(=O)n1. The Hall–Kier alpha value is -1.97. The van der Waals surface area contributed by atoms with E-state index in [9.17, 15) is 9.59 Å². The fraction of sp³-hybridized carbons (Fsp3) is 0.778. The van der Waals surface area contributed by atoms with Gasteiger partial charge in [0.25, 0.3) is 0 Å². The first-order valence-corrected chi connectivity index (χ1v) is 18.3. The second-order valence-electron chi connectivity index (χ2n) is 11.9. The molecule has 2 fully saturated rings. The van der Waals surface area contributed by atoms with Crippen molar-refractivity contribution in [2.45, 2.75) is 115 Å². The average Bonchev–Trinajstić information content (AvgIpc) is 3.18. The number of ether oxygens (including phenoxy) is 3. The average molecular weight is 611 g/mol. The van der Waals surface area contributed by atoms with Crippen molar-refractivity contribution in [1.29, 1.82) is 5.26 Å². The highest BCUT2D eigenvalue weighted by molar-refractivity contribution is 6.84. The number of amides is 1. The number of carbonyl (C=O) groups excluding carboxylic acids is 1. The minimum Gasteiger partial charge on any atom is -0.414 e. The van der Waals surface area contributed by atoms with E-state index in [0.29, 0.717) is 0 Å². The van der Waals surface area contributed by atoms with Gasteiger partial charge < -0.3 is 32.5 Å². The predicted octanol–water partition coefficient (Wildman–Crippen LogP) is 4.33. The van der Waals surface area contributed by atoms with Crippen LogP contribution < -0.4 is 11.0 Å². The van der Waals surface area contributed by atoms with Crippen molar-refractivity contribution in [2.24, 2.45) is 0 Å². The molecule has 0 bridgehead atoms. The molecule has 14 heteroatoms. The van der Waals surface area contributed by atoms with E-state index >= 15 is 0 Å². The highest BCUT2D eigenvalue weighted by atomic mass is 28.5. The summed E-state index contributed by atoms with van der Waals surface area (Å²) < 4.78 is 40.9. The molecule has 1 aromatic heterocycles. The zero-order valence-corrected chi connectivity index (χ0v) is 27.7. The molecule has 12 nitrogen and oxygen atoms in total. The molecule has 1 N–H and O–H groups in total. The number of carbonyl (C=O) groups is 1. The highest BCUT2D eigenvalue weighted by Crippen LogP contribution is 2.48. The number of rotatable bonds is 11. The van der Waals surface area contributed by atoms with E-state index in [4.69, 9.17) is 32.4 Å². The normalized spacial score (nSPS) is 25.7. The molecule has 2 aliphatic heterocycles. The van der Waals surface area contributed by atoms with E-state index < -0.39 is 47.4 Å². The number of hydrogen-bond donors (Lipinski definition) is 1. The molecule has 2 aliphatic rings. The van der Waals surface area contributed by atoms with Crippen molar-refractivity contribution in [3.05, 3.63) is 22.7 Å². The van der Waals surface area contributed by atoms with E-state index in [1.807, 2.05) is 6.07 Å². The summed E-state index contributed by atoms with van der Waals surface area (Å²) >= 11 is 0. The summed E-state index contributed by atoms with van der Waals surface area (Å²) in [5.41, 5.74) is -0.115. The Labute approximate surface area is 245 Å². The number of fused-ring (bicyclic) bond motifs is 1. The lowest BCUT2D eigenvalue weighted by atomic mass is 10.1. The minimum atomic E-state index is -3.00. The summed E-state index contributed by atoms with van der Waals surface area (Å²) in [7, 11) is -5.80. The third-order valence-corrected chi connectivity index (χ3v) is 18.0. The van der Waals surface area contributed by atoms with Crippen LogP contribution in [0, 0.1) is 11.3 Å². The summed E-state index contributed by atoms with van der Waals surface area (Å²) in [6.45, 7) is 18.8. The number of anilines is 1. The number of hydrogen-bond acceptors (Lipinski definition) is 10. The van der Waals surface area contributed by atoms with Gasteiger partial charge in [0.2, 0.25) is 5.91 Å². The number of nitrogens with one attached hydrogen (secondary N) is 1. The van der Waals surface area contributed by atoms with Crippen molar-refractivity contribution in [2.75, 3.05) is 25.3 Å². The molecule has 0 aliphatic carbocycles. The van der Waals surface area contributed by atoms with Crippen molar-refractivity contribution >= 4 is 28.8 Å². The first kappa shape index (κ1) is 33.5. The van der Waals surface area contributed by atoms with Crippen LogP contribution in [0.1, 0.15) is 75.0 Å². The fourth-order valence-electron chi connectivity index (χ4n) is 5.68. The molecule has 41 heavy (non-hydrogen) atoms. The zero-order valence-electron chi connectivity index (χ0n) is 25.7. The maximum absolute atomic E-state index is 13.2. The molecular weight excluding hydrogens is 564 g/mol. The Morgan fingerprint density at radius 2 is 1.78 bits per heavy atom. The summed E-state index contributed by atoms with van der Waals surface area (Å²) in [6.07, 6.45) is -1.10. The van der Waals surface area contributed by atoms with Crippen LogP contribution in [0.3, 0.4) is 0 Å². The van der Waals surface area contributed by atoms with Gasteiger partial charge in [0.05, 0.1) is 25.7 Å². The zero-order chi connectivity index (χ0) is 30.5. The maximum atomic E-state index is 13.2. The molecule has 0 spiro atoms. The number of nitriles is 1. The second kappa shape index (κ2) is 14.0. The fourth-order valence-corrected chi connectivity index (χ4v) is 16.9. The maximum Gasteiger partial charge on any atom is 0.351 e. The van der Waals surface area contributed by atoms with Gasteiger partial charge in [-0.25, -0.2) is 4.79 Å². The van der Waals surface area contributed by atoms with Crippen LogP contribution in [0.2, 0.25) is 22.2 Å². The van der Waals surface area contributed by atoms with E-state index in [-0.39, 0.29) is 60.3 Å². The van der Waals surface area contributed by atoms with E-state index in [1.54, 1.807) is 0 Å². The van der Waals surface area contributed by atoms with E-state index in [1.165, 1.54) is 23.8 Å². The molecule has 0 aromatic carbocycles. The standard InChI is InChI=1S/C27H46N4O8Si2/c1-17(2)40(18(3)4)36-15-22-24(38-41(39-40,19(5)6)20(7)8)25(35-16-34-14-10-12-28)26(37-22)31-13-11-23(29-21(9)32)30-27(31)33/h11,13,17-20,22,24-26H,10,14-16H2,1-9H3,(H,29,30,32,33)/t22-,24-,25-,26-/m1/s1. The molecular formula is C27H46N4O8Si2. The lowest BCUT2D eigenvalue weighted by Gasteiger charge is -2.51. The van der Waals surface area contributed by atoms with Gasteiger partial charge in [-0.2, -0.15) is 10.2 Å². The molecule has 0 radical (unpaired) electrons. The third-order valence-electron chi connectivity index (χ3n) is 7.73. The first-order valence-electron chi connectivity index (χ1n) is 14.4. The Balaban J connectivity index is 2.08. The van der Waals surface area contributed by atoms with Gasteiger partial charge in [-0.05, 0) is 28.2 Å². The molecule has 0 unspecified atom stereocenters. The van der Waals surface area contributed by atoms with Crippen LogP contribution in [0.15, 0.2) is 17.1 Å². The van der Waals surface area contributed by atoms with Crippen LogP contribution in [-0.2, 0) is 32.0 Å². The molecule has 1 aromatic rings. The van der Waals surface area contributed by atoms with Crippen LogP contribution in [-0.4, -0.2) is 70.9 Å². The third kappa shape index (κ3) is 7.16. The summed E-state index contributed by atoms with van der Waals surface area (Å²) in [5, 5.41) is 11.4. The molecule has 0 saturated carbocycles. The second-order valence-corrected chi connectivity index (χ2v) is 20.7. The molecule has 4 atom stereocenters. The highest BCUT2D eigenvalue weighted by Gasteiger charge is 2.62. The molecule has 230 valence electrons. The predicted molar refractivity (Wildman–Crippen MR) is 156 cm³/mol. The van der Waals surface area contributed by atoms with Crippen LogP contribution in [0.5, 0.6) is 0 Å².